The van der Waals surface area contributed by atoms with E-state index in [1.54, 1.807) is 18.2 Å². The molecule has 3 amide bonds. The molecule has 0 aliphatic carbocycles. The molecule has 3 rings (SSSR count). The number of nitrogens with zero attached hydrogens (tertiary/aromatic N) is 2. The summed E-state index contributed by atoms with van der Waals surface area (Å²) in [6.07, 6.45) is 5.10. The van der Waals surface area contributed by atoms with Crippen molar-refractivity contribution in [1.29, 1.82) is 0 Å². The first-order valence-electron chi connectivity index (χ1n) is 7.36. The van der Waals surface area contributed by atoms with Gasteiger partial charge in [-0.25, -0.2) is 4.79 Å². The number of anilines is 1. The van der Waals surface area contributed by atoms with Gasteiger partial charge in [-0.1, -0.05) is 11.6 Å². The molecular weight excluding hydrogens is 316 g/mol. The number of benzene rings is 1. The number of halogens is 1. The molecule has 0 spiro atoms. The van der Waals surface area contributed by atoms with Crippen molar-refractivity contribution in [3.8, 4) is 5.69 Å². The minimum atomic E-state index is -0.544. The first-order chi connectivity index (χ1) is 11.1. The Morgan fingerprint density at radius 3 is 2.70 bits per heavy atom. The van der Waals surface area contributed by atoms with E-state index in [2.05, 4.69) is 5.32 Å². The Kier molecular flexibility index (Phi) is 4.25. The normalized spacial score (nSPS) is 17.3. The lowest BCUT2D eigenvalue weighted by Crippen LogP contribution is -2.45. The van der Waals surface area contributed by atoms with Gasteiger partial charge >= 0.3 is 6.03 Å². The molecule has 0 bridgehead atoms. The predicted molar refractivity (Wildman–Crippen MR) is 88.7 cm³/mol. The maximum Gasteiger partial charge on any atom is 0.322 e. The number of carbonyl (C=O) groups is 2. The summed E-state index contributed by atoms with van der Waals surface area (Å²) in [5.74, 6) is -0.473. The molecule has 23 heavy (non-hydrogen) atoms. The molecule has 1 fully saturated rings. The van der Waals surface area contributed by atoms with Crippen LogP contribution in [-0.2, 0) is 4.79 Å². The molecule has 6 nitrogen and oxygen atoms in total. The lowest BCUT2D eigenvalue weighted by atomic mass is 10.2. The zero-order chi connectivity index (χ0) is 16.4. The highest BCUT2D eigenvalue weighted by atomic mass is 35.5. The van der Waals surface area contributed by atoms with Crippen molar-refractivity contribution in [3.63, 3.8) is 0 Å². The standard InChI is InChI=1S/C16H17ClN4O2/c17-11-5-6-12(14(10-11)20-7-1-2-8-20)19-16(23)21-9-3-4-13(21)15(18)22/h1-2,5-8,10,13H,3-4,9H2,(H2,18,22)(H,19,23)/t13-/m1/s1. The molecule has 0 saturated carbocycles. The van der Waals surface area contributed by atoms with Gasteiger partial charge < -0.3 is 20.5 Å². The lowest BCUT2D eigenvalue weighted by molar-refractivity contribution is -0.121. The van der Waals surface area contributed by atoms with E-state index < -0.39 is 11.9 Å². The van der Waals surface area contributed by atoms with Gasteiger partial charge in [-0.2, -0.15) is 0 Å². The van der Waals surface area contributed by atoms with Crippen LogP contribution in [0.4, 0.5) is 10.5 Å². The summed E-state index contributed by atoms with van der Waals surface area (Å²) in [7, 11) is 0. The lowest BCUT2D eigenvalue weighted by Gasteiger charge is -2.23. The smallest absolute Gasteiger partial charge is 0.322 e. The van der Waals surface area contributed by atoms with Gasteiger partial charge in [0, 0.05) is 24.0 Å². The second-order valence-electron chi connectivity index (χ2n) is 5.44. The van der Waals surface area contributed by atoms with Crippen LogP contribution in [0.2, 0.25) is 5.02 Å². The minimum absolute atomic E-state index is 0.331. The van der Waals surface area contributed by atoms with Crippen LogP contribution in [0.25, 0.3) is 5.69 Å². The van der Waals surface area contributed by atoms with Crippen LogP contribution >= 0.6 is 11.6 Å². The molecule has 0 radical (unpaired) electrons. The Morgan fingerprint density at radius 1 is 1.26 bits per heavy atom. The molecular formula is C16H17ClN4O2. The number of aromatic nitrogens is 1. The zero-order valence-corrected chi connectivity index (χ0v) is 13.2. The first-order valence-corrected chi connectivity index (χ1v) is 7.74. The highest BCUT2D eigenvalue weighted by Crippen LogP contribution is 2.26. The summed E-state index contributed by atoms with van der Waals surface area (Å²) in [6.45, 7) is 0.520. The van der Waals surface area contributed by atoms with Gasteiger partial charge in [0.05, 0.1) is 11.4 Å². The number of nitrogens with two attached hydrogens (primary N) is 1. The van der Waals surface area contributed by atoms with Crippen molar-refractivity contribution in [1.82, 2.24) is 9.47 Å². The second-order valence-corrected chi connectivity index (χ2v) is 5.87. The van der Waals surface area contributed by atoms with Gasteiger partial charge in [0.25, 0.3) is 0 Å². The Hall–Kier alpha value is -2.47. The Morgan fingerprint density at radius 2 is 2.00 bits per heavy atom. The number of nitrogens with one attached hydrogen (secondary N) is 1. The van der Waals surface area contributed by atoms with Crippen LogP contribution in [0.15, 0.2) is 42.7 Å². The van der Waals surface area contributed by atoms with Crippen molar-refractivity contribution in [2.75, 3.05) is 11.9 Å². The second kappa shape index (κ2) is 6.34. The van der Waals surface area contributed by atoms with Crippen molar-refractivity contribution in [2.45, 2.75) is 18.9 Å². The Bertz CT molecular complexity index is 730. The number of hydrogen-bond acceptors (Lipinski definition) is 2. The molecule has 0 unspecified atom stereocenters. The third kappa shape index (κ3) is 3.17. The Labute approximate surface area is 138 Å². The number of amides is 3. The molecule has 3 N–H and O–H groups in total. The summed E-state index contributed by atoms with van der Waals surface area (Å²) >= 11 is 6.06. The van der Waals surface area contributed by atoms with Gasteiger partial charge in [-0.3, -0.25) is 4.79 Å². The predicted octanol–water partition coefficient (Wildman–Crippen LogP) is 2.61. The minimum Gasteiger partial charge on any atom is -0.368 e. The van der Waals surface area contributed by atoms with Crippen molar-refractivity contribution in [3.05, 3.63) is 47.7 Å². The summed E-state index contributed by atoms with van der Waals surface area (Å²) in [5, 5.41) is 3.42. The van der Waals surface area contributed by atoms with E-state index >= 15 is 0 Å². The molecule has 1 atom stereocenters. The maximum absolute atomic E-state index is 12.5. The fourth-order valence-corrected chi connectivity index (χ4v) is 2.98. The summed E-state index contributed by atoms with van der Waals surface area (Å²) in [4.78, 5) is 25.4. The van der Waals surface area contributed by atoms with Crippen LogP contribution in [0.1, 0.15) is 12.8 Å². The number of hydrogen-bond donors (Lipinski definition) is 2. The molecule has 1 aromatic carbocycles. The third-order valence-corrected chi connectivity index (χ3v) is 4.16. The van der Waals surface area contributed by atoms with Gasteiger partial charge in [0.1, 0.15) is 6.04 Å². The molecule has 7 heteroatoms. The fourth-order valence-electron chi connectivity index (χ4n) is 2.81. The van der Waals surface area contributed by atoms with Crippen LogP contribution in [-0.4, -0.2) is 34.0 Å². The fraction of sp³-hybridized carbons (Fsp3) is 0.250. The van der Waals surface area contributed by atoms with E-state index in [0.717, 1.165) is 12.1 Å². The summed E-state index contributed by atoms with van der Waals surface area (Å²) < 4.78 is 1.86. The Balaban J connectivity index is 1.86. The maximum atomic E-state index is 12.5. The highest BCUT2D eigenvalue weighted by molar-refractivity contribution is 6.30. The molecule has 2 aromatic rings. The van der Waals surface area contributed by atoms with Gasteiger partial charge in [-0.05, 0) is 43.2 Å². The number of rotatable bonds is 3. The van der Waals surface area contributed by atoms with E-state index in [4.69, 9.17) is 17.3 Å². The van der Waals surface area contributed by atoms with E-state index in [9.17, 15) is 9.59 Å². The molecule has 2 heterocycles. The zero-order valence-electron chi connectivity index (χ0n) is 12.4. The van der Waals surface area contributed by atoms with Gasteiger partial charge in [-0.15, -0.1) is 0 Å². The van der Waals surface area contributed by atoms with Crippen LogP contribution in [0.3, 0.4) is 0 Å². The van der Waals surface area contributed by atoms with Crippen molar-refractivity contribution in [2.24, 2.45) is 5.73 Å². The number of primary amides is 1. The topological polar surface area (TPSA) is 80.4 Å². The average Bonchev–Trinajstić information content (AvgIpc) is 3.20. The third-order valence-electron chi connectivity index (χ3n) is 3.93. The number of carbonyl (C=O) groups excluding carboxylic acids is 2. The SMILES string of the molecule is NC(=O)[C@H]1CCCN1C(=O)Nc1ccc(Cl)cc1-n1cccc1. The largest absolute Gasteiger partial charge is 0.368 e. The average molecular weight is 333 g/mol. The molecule has 1 aliphatic heterocycles. The van der Waals surface area contributed by atoms with E-state index in [0.29, 0.717) is 23.7 Å². The van der Waals surface area contributed by atoms with Crippen molar-refractivity contribution >= 4 is 29.2 Å². The highest BCUT2D eigenvalue weighted by Gasteiger charge is 2.32. The van der Waals surface area contributed by atoms with Crippen LogP contribution < -0.4 is 11.1 Å². The molecule has 1 aliphatic rings. The number of likely N-dealkylation sites (tertiary alicyclic amines) is 1. The van der Waals surface area contributed by atoms with E-state index in [-0.39, 0.29) is 6.03 Å². The van der Waals surface area contributed by atoms with Crippen LogP contribution in [0.5, 0.6) is 0 Å². The van der Waals surface area contributed by atoms with Crippen molar-refractivity contribution < 1.29 is 9.59 Å². The van der Waals surface area contributed by atoms with E-state index in [1.807, 2.05) is 29.1 Å². The van der Waals surface area contributed by atoms with Crippen LogP contribution in [0, 0.1) is 0 Å². The summed E-state index contributed by atoms with van der Waals surface area (Å²) in [6, 6.07) is 8.11. The molecule has 1 aromatic heterocycles. The van der Waals surface area contributed by atoms with E-state index in [1.165, 1.54) is 4.90 Å². The molecule has 120 valence electrons. The number of urea groups is 1. The van der Waals surface area contributed by atoms with Gasteiger partial charge in [0.15, 0.2) is 0 Å². The van der Waals surface area contributed by atoms with Gasteiger partial charge in [0.2, 0.25) is 5.91 Å². The first kappa shape index (κ1) is 15.4. The quantitative estimate of drug-likeness (QED) is 0.906. The monoisotopic (exact) mass is 332 g/mol. The summed E-state index contributed by atoms with van der Waals surface area (Å²) in [5.41, 5.74) is 6.74. The molecule has 1 saturated heterocycles.